The molecule has 0 spiro atoms. The molecule has 1 heterocycles. The molecule has 0 saturated heterocycles. The van der Waals surface area contributed by atoms with E-state index in [2.05, 4.69) is 6.58 Å². The third-order valence-electron chi connectivity index (χ3n) is 2.33. The van der Waals surface area contributed by atoms with Gasteiger partial charge in [0.1, 0.15) is 0 Å². The van der Waals surface area contributed by atoms with Gasteiger partial charge in [-0.1, -0.05) is 6.58 Å². The van der Waals surface area contributed by atoms with Gasteiger partial charge >= 0.3 is 5.97 Å². The van der Waals surface area contributed by atoms with Crippen molar-refractivity contribution in [1.82, 2.24) is 4.90 Å². The molecule has 104 valence electrons. The largest absolute Gasteiger partial charge is 0.432 e. The van der Waals surface area contributed by atoms with E-state index in [1.165, 1.54) is 9.75 Å². The summed E-state index contributed by atoms with van der Waals surface area (Å²) in [7, 11) is 0. The molecule has 0 atom stereocenters. The average molecular weight is 298 g/mol. The summed E-state index contributed by atoms with van der Waals surface area (Å²) >= 11 is 6.69. The number of nitrogens with two attached hydrogens (primary N) is 1. The van der Waals surface area contributed by atoms with Crippen molar-refractivity contribution in [1.29, 1.82) is 0 Å². The lowest BCUT2D eigenvalue weighted by Crippen LogP contribution is -2.36. The molecule has 1 aromatic heterocycles. The number of aryl methyl sites for hydroxylation is 1. The smallest absolute Gasteiger partial charge is 0.312 e. The lowest BCUT2D eigenvalue weighted by atomic mass is 10.3. The zero-order valence-electron chi connectivity index (χ0n) is 11.1. The molecule has 0 unspecified atom stereocenters. The summed E-state index contributed by atoms with van der Waals surface area (Å²) in [5, 5.41) is 0.286. The molecule has 19 heavy (non-hydrogen) atoms. The zero-order valence-corrected chi connectivity index (χ0v) is 12.8. The van der Waals surface area contributed by atoms with Crippen LogP contribution in [0, 0.1) is 6.92 Å². The van der Waals surface area contributed by atoms with Crippen LogP contribution >= 0.6 is 23.6 Å². The molecule has 0 fully saturated rings. The van der Waals surface area contributed by atoms with Gasteiger partial charge in [0.05, 0.1) is 18.7 Å². The molecule has 0 bridgehead atoms. The van der Waals surface area contributed by atoms with Crippen LogP contribution in [-0.2, 0) is 16.1 Å². The highest BCUT2D eigenvalue weighted by Crippen LogP contribution is 2.17. The molecular formula is C13H18N2O2S2. The Hall–Kier alpha value is -1.40. The van der Waals surface area contributed by atoms with Crippen molar-refractivity contribution in [3.63, 3.8) is 0 Å². The molecule has 0 aliphatic carbocycles. The molecule has 1 aromatic rings. The van der Waals surface area contributed by atoms with E-state index in [0.29, 0.717) is 18.8 Å². The minimum atomic E-state index is -0.323. The van der Waals surface area contributed by atoms with Gasteiger partial charge in [-0.15, -0.1) is 11.3 Å². The van der Waals surface area contributed by atoms with Crippen molar-refractivity contribution in [2.45, 2.75) is 26.8 Å². The Labute approximate surface area is 122 Å². The Morgan fingerprint density at radius 3 is 2.74 bits per heavy atom. The quantitative estimate of drug-likeness (QED) is 0.497. The van der Waals surface area contributed by atoms with Crippen LogP contribution in [0.5, 0.6) is 0 Å². The standard InChI is InChI=1S/C13H18N2O2S2/c1-9(2)17-12(16)6-7-15(13(14)18)8-11-5-4-10(3)19-11/h4-5H,1,6-8H2,2-3H3,(H2,14,18). The first kappa shape index (κ1) is 15.7. The topological polar surface area (TPSA) is 55.6 Å². The van der Waals surface area contributed by atoms with Crippen molar-refractivity contribution in [3.05, 3.63) is 34.2 Å². The monoisotopic (exact) mass is 298 g/mol. The molecule has 0 saturated carbocycles. The molecule has 1 rings (SSSR count). The summed E-state index contributed by atoms with van der Waals surface area (Å²) in [6, 6.07) is 4.09. The van der Waals surface area contributed by atoms with Crippen LogP contribution in [0.1, 0.15) is 23.1 Å². The van der Waals surface area contributed by atoms with Gasteiger partial charge in [-0.2, -0.15) is 0 Å². The first-order chi connectivity index (χ1) is 8.88. The van der Waals surface area contributed by atoms with Gasteiger partial charge in [0, 0.05) is 16.3 Å². The third-order valence-corrected chi connectivity index (χ3v) is 3.57. The van der Waals surface area contributed by atoms with Gasteiger partial charge in [-0.3, -0.25) is 4.79 Å². The number of carbonyl (C=O) groups is 1. The van der Waals surface area contributed by atoms with E-state index in [1.807, 2.05) is 19.1 Å². The van der Waals surface area contributed by atoms with E-state index in [1.54, 1.807) is 23.2 Å². The highest BCUT2D eigenvalue weighted by molar-refractivity contribution is 7.80. The van der Waals surface area contributed by atoms with Crippen molar-refractivity contribution < 1.29 is 9.53 Å². The molecule has 0 aliphatic rings. The summed E-state index contributed by atoms with van der Waals surface area (Å²) in [6.07, 6.45) is 0.231. The highest BCUT2D eigenvalue weighted by atomic mass is 32.1. The van der Waals surface area contributed by atoms with Gasteiger partial charge in [0.2, 0.25) is 0 Å². The number of ether oxygens (including phenoxy) is 1. The Morgan fingerprint density at radius 1 is 1.58 bits per heavy atom. The predicted octanol–water partition coefficient (Wildman–Crippen LogP) is 2.57. The summed E-state index contributed by atoms with van der Waals surface area (Å²) in [6.45, 7) is 8.27. The van der Waals surface area contributed by atoms with E-state index < -0.39 is 0 Å². The fraction of sp³-hybridized carbons (Fsp3) is 0.385. The fourth-order valence-electron chi connectivity index (χ4n) is 1.50. The lowest BCUT2D eigenvalue weighted by molar-refractivity contribution is -0.139. The molecule has 2 N–H and O–H groups in total. The first-order valence-electron chi connectivity index (χ1n) is 5.84. The average Bonchev–Trinajstić information content (AvgIpc) is 2.68. The van der Waals surface area contributed by atoms with Crippen molar-refractivity contribution >= 4 is 34.6 Å². The van der Waals surface area contributed by atoms with Crippen molar-refractivity contribution in [3.8, 4) is 0 Å². The minimum absolute atomic E-state index is 0.231. The molecule has 0 aliphatic heterocycles. The number of hydrogen-bond acceptors (Lipinski definition) is 4. The second-order valence-corrected chi connectivity index (χ2v) is 5.99. The Morgan fingerprint density at radius 2 is 2.26 bits per heavy atom. The van der Waals surface area contributed by atoms with Crippen molar-refractivity contribution in [2.75, 3.05) is 6.54 Å². The number of thiocarbonyl (C=S) groups is 1. The van der Waals surface area contributed by atoms with Gasteiger partial charge in [-0.25, -0.2) is 0 Å². The van der Waals surface area contributed by atoms with Gasteiger partial charge in [-0.05, 0) is 38.2 Å². The van der Waals surface area contributed by atoms with E-state index in [0.717, 1.165) is 0 Å². The Kier molecular flexibility index (Phi) is 5.98. The van der Waals surface area contributed by atoms with Gasteiger partial charge in [0.15, 0.2) is 5.11 Å². The van der Waals surface area contributed by atoms with E-state index >= 15 is 0 Å². The molecule has 0 amide bonds. The predicted molar refractivity (Wildman–Crippen MR) is 81.8 cm³/mol. The van der Waals surface area contributed by atoms with Crippen LogP contribution in [0.3, 0.4) is 0 Å². The van der Waals surface area contributed by atoms with Crippen LogP contribution in [-0.4, -0.2) is 22.5 Å². The number of hydrogen-bond donors (Lipinski definition) is 1. The molecule has 0 aromatic carbocycles. The summed E-state index contributed by atoms with van der Waals surface area (Å²) in [5.41, 5.74) is 5.67. The number of thiophene rings is 1. The van der Waals surface area contributed by atoms with Crippen LogP contribution in [0.15, 0.2) is 24.5 Å². The summed E-state index contributed by atoms with van der Waals surface area (Å²) in [5.74, 6) is 0.0665. The fourth-order valence-corrected chi connectivity index (χ4v) is 2.56. The Balaban J connectivity index is 2.52. The number of nitrogens with zero attached hydrogens (tertiary/aromatic N) is 1. The zero-order chi connectivity index (χ0) is 14.4. The minimum Gasteiger partial charge on any atom is -0.432 e. The maximum Gasteiger partial charge on any atom is 0.312 e. The van der Waals surface area contributed by atoms with Crippen LogP contribution in [0.25, 0.3) is 0 Å². The first-order valence-corrected chi connectivity index (χ1v) is 7.07. The van der Waals surface area contributed by atoms with E-state index in [9.17, 15) is 4.79 Å². The van der Waals surface area contributed by atoms with Crippen LogP contribution < -0.4 is 5.73 Å². The SMILES string of the molecule is C=C(C)OC(=O)CCN(Cc1ccc(C)s1)C(N)=S. The summed E-state index contributed by atoms with van der Waals surface area (Å²) in [4.78, 5) is 15.6. The maximum absolute atomic E-state index is 11.4. The van der Waals surface area contributed by atoms with E-state index in [4.69, 9.17) is 22.7 Å². The number of allylic oxidation sites excluding steroid dienone is 1. The second-order valence-electron chi connectivity index (χ2n) is 4.20. The number of esters is 1. The normalized spacial score (nSPS) is 10.0. The maximum atomic E-state index is 11.4. The summed E-state index contributed by atoms with van der Waals surface area (Å²) < 4.78 is 4.89. The highest BCUT2D eigenvalue weighted by Gasteiger charge is 2.12. The third kappa shape index (κ3) is 5.85. The molecule has 0 radical (unpaired) electrons. The number of rotatable bonds is 6. The Bertz CT molecular complexity index is 483. The van der Waals surface area contributed by atoms with Crippen LogP contribution in [0.2, 0.25) is 0 Å². The lowest BCUT2D eigenvalue weighted by Gasteiger charge is -2.21. The van der Waals surface area contributed by atoms with Gasteiger partial charge in [0.25, 0.3) is 0 Å². The second kappa shape index (κ2) is 7.25. The van der Waals surface area contributed by atoms with Crippen molar-refractivity contribution in [2.24, 2.45) is 5.73 Å². The van der Waals surface area contributed by atoms with E-state index in [-0.39, 0.29) is 17.5 Å². The van der Waals surface area contributed by atoms with Crippen LogP contribution in [0.4, 0.5) is 0 Å². The molecular weight excluding hydrogens is 280 g/mol. The molecule has 6 heteroatoms. The number of carbonyl (C=O) groups excluding carboxylic acids is 1. The van der Waals surface area contributed by atoms with Gasteiger partial charge < -0.3 is 15.4 Å². The molecule has 4 nitrogen and oxygen atoms in total.